The first kappa shape index (κ1) is 16.3. The minimum Gasteiger partial charge on any atom is -0.444 e. The summed E-state index contributed by atoms with van der Waals surface area (Å²) in [4.78, 5) is 11.6. The molecule has 1 amide bonds. The summed E-state index contributed by atoms with van der Waals surface area (Å²) in [6.07, 6.45) is -0.429. The molecule has 0 spiro atoms. The Morgan fingerprint density at radius 1 is 1.40 bits per heavy atom. The third kappa shape index (κ3) is 6.43. The molecule has 1 aromatic rings. The molecule has 112 valence electrons. The van der Waals surface area contributed by atoms with Crippen molar-refractivity contribution < 1.29 is 9.53 Å². The maximum absolute atomic E-state index is 11.6. The molecule has 0 aliphatic carbocycles. The highest BCUT2D eigenvalue weighted by Gasteiger charge is 2.17. The molecule has 0 saturated heterocycles. The molecular weight excluding hydrogens is 254 g/mol. The molecule has 5 heteroatoms. The minimum absolute atomic E-state index is 0.0377. The van der Waals surface area contributed by atoms with Crippen molar-refractivity contribution in [2.45, 2.75) is 39.3 Å². The molecule has 0 saturated carbocycles. The zero-order valence-corrected chi connectivity index (χ0v) is 12.7. The van der Waals surface area contributed by atoms with Crippen LogP contribution >= 0.6 is 0 Å². The van der Waals surface area contributed by atoms with E-state index in [0.717, 1.165) is 5.69 Å². The van der Waals surface area contributed by atoms with Crippen molar-refractivity contribution in [1.29, 1.82) is 0 Å². The van der Waals surface area contributed by atoms with E-state index in [1.807, 2.05) is 52.0 Å². The van der Waals surface area contributed by atoms with Gasteiger partial charge in [-0.1, -0.05) is 12.1 Å². The van der Waals surface area contributed by atoms with Gasteiger partial charge in [0.1, 0.15) is 5.60 Å². The first-order valence-electron chi connectivity index (χ1n) is 6.80. The average molecular weight is 279 g/mol. The normalized spacial score (nSPS) is 12.7. The Hall–Kier alpha value is -1.75. The summed E-state index contributed by atoms with van der Waals surface area (Å²) in [7, 11) is 0. The van der Waals surface area contributed by atoms with Crippen LogP contribution in [0.5, 0.6) is 0 Å². The van der Waals surface area contributed by atoms with E-state index in [4.69, 9.17) is 10.5 Å². The van der Waals surface area contributed by atoms with Gasteiger partial charge < -0.3 is 21.1 Å². The van der Waals surface area contributed by atoms with E-state index in [2.05, 4.69) is 10.6 Å². The van der Waals surface area contributed by atoms with Crippen molar-refractivity contribution in [2.75, 3.05) is 18.4 Å². The Morgan fingerprint density at radius 3 is 2.65 bits per heavy atom. The van der Waals surface area contributed by atoms with Crippen LogP contribution in [0.1, 0.15) is 26.3 Å². The average Bonchev–Trinajstić information content (AvgIpc) is 2.32. The van der Waals surface area contributed by atoms with Gasteiger partial charge in [-0.2, -0.15) is 0 Å². The van der Waals surface area contributed by atoms with Crippen LogP contribution in [0.3, 0.4) is 0 Å². The van der Waals surface area contributed by atoms with Crippen LogP contribution in [-0.2, 0) is 4.74 Å². The highest BCUT2D eigenvalue weighted by molar-refractivity contribution is 5.67. The second-order valence-electron chi connectivity index (χ2n) is 5.83. The number of aryl methyl sites for hydroxylation is 1. The lowest BCUT2D eigenvalue weighted by molar-refractivity contribution is 0.0526. The second-order valence-corrected chi connectivity index (χ2v) is 5.83. The number of hydrogen-bond donors (Lipinski definition) is 3. The van der Waals surface area contributed by atoms with Crippen molar-refractivity contribution in [1.82, 2.24) is 5.32 Å². The molecule has 20 heavy (non-hydrogen) atoms. The summed E-state index contributed by atoms with van der Waals surface area (Å²) in [6.45, 7) is 8.36. The molecule has 1 unspecified atom stereocenters. The summed E-state index contributed by atoms with van der Waals surface area (Å²) < 4.78 is 5.18. The monoisotopic (exact) mass is 279 g/mol. The molecule has 5 nitrogen and oxygen atoms in total. The van der Waals surface area contributed by atoms with Gasteiger partial charge in [0, 0.05) is 18.8 Å². The van der Waals surface area contributed by atoms with Crippen molar-refractivity contribution in [3.8, 4) is 0 Å². The van der Waals surface area contributed by atoms with Gasteiger partial charge in [-0.25, -0.2) is 4.79 Å². The van der Waals surface area contributed by atoms with Crippen LogP contribution < -0.4 is 16.4 Å². The van der Waals surface area contributed by atoms with Gasteiger partial charge in [0.15, 0.2) is 0 Å². The molecule has 0 aliphatic rings. The van der Waals surface area contributed by atoms with E-state index in [0.29, 0.717) is 13.1 Å². The number of carbonyl (C=O) groups is 1. The first-order valence-corrected chi connectivity index (χ1v) is 6.80. The molecule has 0 radical (unpaired) electrons. The maximum Gasteiger partial charge on any atom is 0.407 e. The molecule has 4 N–H and O–H groups in total. The van der Waals surface area contributed by atoms with E-state index in [1.165, 1.54) is 5.56 Å². The molecule has 1 atom stereocenters. The van der Waals surface area contributed by atoms with Crippen LogP contribution in [0.25, 0.3) is 0 Å². The highest BCUT2D eigenvalue weighted by atomic mass is 16.6. The summed E-state index contributed by atoms with van der Waals surface area (Å²) in [5, 5.41) is 6.01. The first-order chi connectivity index (χ1) is 9.30. The van der Waals surface area contributed by atoms with Gasteiger partial charge in [-0.15, -0.1) is 0 Å². The minimum atomic E-state index is -0.494. The Kier molecular flexibility index (Phi) is 5.82. The largest absolute Gasteiger partial charge is 0.444 e. The third-order valence-corrected chi connectivity index (χ3v) is 2.57. The number of amides is 1. The number of benzene rings is 1. The summed E-state index contributed by atoms with van der Waals surface area (Å²) >= 11 is 0. The van der Waals surface area contributed by atoms with E-state index in [9.17, 15) is 4.79 Å². The number of rotatable bonds is 5. The summed E-state index contributed by atoms with van der Waals surface area (Å²) in [5.74, 6) is 0. The van der Waals surface area contributed by atoms with Gasteiger partial charge in [-0.3, -0.25) is 0 Å². The van der Waals surface area contributed by atoms with Gasteiger partial charge in [-0.05, 0) is 45.4 Å². The van der Waals surface area contributed by atoms with Crippen molar-refractivity contribution in [3.63, 3.8) is 0 Å². The van der Waals surface area contributed by atoms with E-state index in [-0.39, 0.29) is 6.04 Å². The lowest BCUT2D eigenvalue weighted by Gasteiger charge is -2.22. The quantitative estimate of drug-likeness (QED) is 0.772. The van der Waals surface area contributed by atoms with Crippen LogP contribution in [0.2, 0.25) is 0 Å². The molecule has 0 aromatic heterocycles. The van der Waals surface area contributed by atoms with Crippen molar-refractivity contribution in [2.24, 2.45) is 5.73 Å². The summed E-state index contributed by atoms with van der Waals surface area (Å²) in [5.41, 5.74) is 7.39. The highest BCUT2D eigenvalue weighted by Crippen LogP contribution is 2.10. The third-order valence-electron chi connectivity index (χ3n) is 2.57. The molecule has 0 bridgehead atoms. The van der Waals surface area contributed by atoms with E-state index < -0.39 is 11.7 Å². The smallest absolute Gasteiger partial charge is 0.407 e. The zero-order valence-electron chi connectivity index (χ0n) is 12.7. The number of ether oxygens (including phenoxy) is 1. The Bertz CT molecular complexity index is 441. The molecule has 0 heterocycles. The number of anilines is 1. The lowest BCUT2D eigenvalue weighted by atomic mass is 10.2. The molecular formula is C15H25N3O2. The molecule has 1 aromatic carbocycles. The molecule has 0 fully saturated rings. The van der Waals surface area contributed by atoms with Gasteiger partial charge in [0.2, 0.25) is 0 Å². The van der Waals surface area contributed by atoms with Gasteiger partial charge in [0.05, 0.1) is 6.04 Å². The van der Waals surface area contributed by atoms with Crippen LogP contribution in [0.15, 0.2) is 24.3 Å². The van der Waals surface area contributed by atoms with Crippen molar-refractivity contribution >= 4 is 11.8 Å². The van der Waals surface area contributed by atoms with Crippen LogP contribution in [0, 0.1) is 6.92 Å². The number of nitrogens with two attached hydrogens (primary N) is 1. The topological polar surface area (TPSA) is 76.4 Å². The van der Waals surface area contributed by atoms with Crippen LogP contribution in [-0.4, -0.2) is 30.8 Å². The SMILES string of the molecule is Cc1cccc(NC(CN)CNC(=O)OC(C)(C)C)c1. The fraction of sp³-hybridized carbons (Fsp3) is 0.533. The fourth-order valence-corrected chi connectivity index (χ4v) is 1.68. The fourth-order valence-electron chi connectivity index (χ4n) is 1.68. The Morgan fingerprint density at radius 2 is 2.10 bits per heavy atom. The Balaban J connectivity index is 2.46. The predicted molar refractivity (Wildman–Crippen MR) is 81.9 cm³/mol. The predicted octanol–water partition coefficient (Wildman–Crippen LogP) is 2.26. The lowest BCUT2D eigenvalue weighted by Crippen LogP contribution is -2.42. The standard InChI is InChI=1S/C15H25N3O2/c1-11-6-5-7-12(8-11)18-13(9-16)10-17-14(19)20-15(2,3)4/h5-8,13,18H,9-10,16H2,1-4H3,(H,17,19). The maximum atomic E-state index is 11.6. The molecule has 1 rings (SSSR count). The zero-order chi connectivity index (χ0) is 15.2. The van der Waals surface area contributed by atoms with Gasteiger partial charge in [0.25, 0.3) is 0 Å². The number of hydrogen-bond acceptors (Lipinski definition) is 4. The second kappa shape index (κ2) is 7.14. The molecule has 0 aliphatic heterocycles. The van der Waals surface area contributed by atoms with E-state index in [1.54, 1.807) is 0 Å². The van der Waals surface area contributed by atoms with E-state index >= 15 is 0 Å². The number of alkyl carbamates (subject to hydrolysis) is 1. The number of nitrogens with one attached hydrogen (secondary N) is 2. The number of carbonyl (C=O) groups excluding carboxylic acids is 1. The van der Waals surface area contributed by atoms with Crippen molar-refractivity contribution in [3.05, 3.63) is 29.8 Å². The Labute approximate surface area is 120 Å². The van der Waals surface area contributed by atoms with Gasteiger partial charge >= 0.3 is 6.09 Å². The van der Waals surface area contributed by atoms with Crippen LogP contribution in [0.4, 0.5) is 10.5 Å². The summed E-state index contributed by atoms with van der Waals surface area (Å²) in [6, 6.07) is 7.98.